The number of ether oxygens (including phenoxy) is 2. The van der Waals surface area contributed by atoms with Gasteiger partial charge in [0, 0.05) is 11.1 Å². The van der Waals surface area contributed by atoms with Gasteiger partial charge in [0.25, 0.3) is 0 Å². The molecule has 23 heavy (non-hydrogen) atoms. The number of amides is 1. The SMILES string of the molecule is COc1ccc(OC)c(-c2cnc3cc(C(N)=O)ccc3n2)c1. The van der Waals surface area contributed by atoms with Crippen LogP contribution in [0.2, 0.25) is 0 Å². The Morgan fingerprint density at radius 1 is 1.04 bits per heavy atom. The van der Waals surface area contributed by atoms with Crippen LogP contribution in [0.5, 0.6) is 11.5 Å². The Labute approximate surface area is 132 Å². The van der Waals surface area contributed by atoms with Gasteiger partial charge in [-0.3, -0.25) is 9.78 Å². The Morgan fingerprint density at radius 3 is 2.57 bits per heavy atom. The molecule has 3 aromatic rings. The van der Waals surface area contributed by atoms with Gasteiger partial charge in [-0.25, -0.2) is 4.98 Å². The highest BCUT2D eigenvalue weighted by Crippen LogP contribution is 2.32. The molecule has 6 heteroatoms. The smallest absolute Gasteiger partial charge is 0.248 e. The summed E-state index contributed by atoms with van der Waals surface area (Å²) < 4.78 is 10.6. The zero-order valence-corrected chi connectivity index (χ0v) is 12.7. The Balaban J connectivity index is 2.14. The van der Waals surface area contributed by atoms with Crippen molar-refractivity contribution < 1.29 is 14.3 Å². The highest BCUT2D eigenvalue weighted by atomic mass is 16.5. The Bertz CT molecular complexity index is 893. The van der Waals surface area contributed by atoms with E-state index in [1.54, 1.807) is 38.6 Å². The highest BCUT2D eigenvalue weighted by molar-refractivity contribution is 5.96. The van der Waals surface area contributed by atoms with Crippen LogP contribution in [0.25, 0.3) is 22.3 Å². The van der Waals surface area contributed by atoms with Crippen molar-refractivity contribution in [2.45, 2.75) is 0 Å². The molecule has 0 saturated heterocycles. The van der Waals surface area contributed by atoms with Gasteiger partial charge >= 0.3 is 0 Å². The number of carbonyl (C=O) groups excluding carboxylic acids is 1. The average molecular weight is 309 g/mol. The molecule has 2 N–H and O–H groups in total. The molecule has 1 aromatic heterocycles. The van der Waals surface area contributed by atoms with E-state index in [2.05, 4.69) is 9.97 Å². The number of fused-ring (bicyclic) bond motifs is 1. The fourth-order valence-electron chi connectivity index (χ4n) is 2.31. The molecule has 6 nitrogen and oxygen atoms in total. The summed E-state index contributed by atoms with van der Waals surface area (Å²) in [6.45, 7) is 0. The predicted octanol–water partition coefficient (Wildman–Crippen LogP) is 2.41. The Morgan fingerprint density at radius 2 is 1.87 bits per heavy atom. The summed E-state index contributed by atoms with van der Waals surface area (Å²) in [7, 11) is 3.20. The molecule has 0 bridgehead atoms. The number of hydrogen-bond donors (Lipinski definition) is 1. The summed E-state index contributed by atoms with van der Waals surface area (Å²) in [5.74, 6) is 0.882. The van der Waals surface area contributed by atoms with Crippen LogP contribution in [-0.4, -0.2) is 30.1 Å². The third-order valence-corrected chi connectivity index (χ3v) is 3.51. The van der Waals surface area contributed by atoms with Gasteiger partial charge in [0.1, 0.15) is 11.5 Å². The zero-order valence-electron chi connectivity index (χ0n) is 12.7. The van der Waals surface area contributed by atoms with E-state index in [1.165, 1.54) is 0 Å². The van der Waals surface area contributed by atoms with E-state index in [-0.39, 0.29) is 0 Å². The minimum absolute atomic E-state index is 0.401. The predicted molar refractivity (Wildman–Crippen MR) is 86.6 cm³/mol. The molecular formula is C17H15N3O3. The van der Waals surface area contributed by atoms with Gasteiger partial charge in [0.15, 0.2) is 0 Å². The molecule has 2 aromatic carbocycles. The van der Waals surface area contributed by atoms with Crippen LogP contribution in [0.3, 0.4) is 0 Å². The maximum Gasteiger partial charge on any atom is 0.248 e. The van der Waals surface area contributed by atoms with Crippen molar-refractivity contribution in [3.63, 3.8) is 0 Å². The summed E-state index contributed by atoms with van der Waals surface area (Å²) in [4.78, 5) is 20.2. The first-order valence-corrected chi connectivity index (χ1v) is 6.91. The summed E-state index contributed by atoms with van der Waals surface area (Å²) in [5.41, 5.74) is 8.38. The molecule has 116 valence electrons. The van der Waals surface area contributed by atoms with Crippen LogP contribution in [0.1, 0.15) is 10.4 Å². The van der Waals surface area contributed by atoms with E-state index in [9.17, 15) is 4.79 Å². The van der Waals surface area contributed by atoms with Gasteiger partial charge in [-0.2, -0.15) is 0 Å². The van der Waals surface area contributed by atoms with Crippen molar-refractivity contribution in [3.8, 4) is 22.8 Å². The minimum atomic E-state index is -0.493. The molecule has 0 unspecified atom stereocenters. The Hall–Kier alpha value is -3.15. The van der Waals surface area contributed by atoms with Crippen LogP contribution in [0.4, 0.5) is 0 Å². The van der Waals surface area contributed by atoms with Gasteiger partial charge in [0.2, 0.25) is 5.91 Å². The molecule has 0 radical (unpaired) electrons. The number of rotatable bonds is 4. The van der Waals surface area contributed by atoms with E-state index < -0.39 is 5.91 Å². The first kappa shape index (κ1) is 14.8. The lowest BCUT2D eigenvalue weighted by atomic mass is 10.1. The molecule has 0 fully saturated rings. The van der Waals surface area contributed by atoms with E-state index in [0.29, 0.717) is 33.8 Å². The van der Waals surface area contributed by atoms with Crippen molar-refractivity contribution in [3.05, 3.63) is 48.2 Å². The third-order valence-electron chi connectivity index (χ3n) is 3.51. The lowest BCUT2D eigenvalue weighted by Gasteiger charge is -2.10. The summed E-state index contributed by atoms with van der Waals surface area (Å²) >= 11 is 0. The number of carbonyl (C=O) groups is 1. The normalized spacial score (nSPS) is 10.5. The molecule has 0 spiro atoms. The van der Waals surface area contributed by atoms with Crippen molar-refractivity contribution >= 4 is 16.9 Å². The fraction of sp³-hybridized carbons (Fsp3) is 0.118. The quantitative estimate of drug-likeness (QED) is 0.799. The van der Waals surface area contributed by atoms with Crippen molar-refractivity contribution in [2.75, 3.05) is 14.2 Å². The minimum Gasteiger partial charge on any atom is -0.497 e. The lowest BCUT2D eigenvalue weighted by Crippen LogP contribution is -2.10. The molecule has 1 heterocycles. The van der Waals surface area contributed by atoms with E-state index >= 15 is 0 Å². The van der Waals surface area contributed by atoms with Gasteiger partial charge < -0.3 is 15.2 Å². The monoisotopic (exact) mass is 309 g/mol. The third kappa shape index (κ3) is 2.78. The number of methoxy groups -OCH3 is 2. The molecular weight excluding hydrogens is 294 g/mol. The molecule has 0 aliphatic carbocycles. The van der Waals surface area contributed by atoms with Crippen LogP contribution in [-0.2, 0) is 0 Å². The number of aromatic nitrogens is 2. The molecule has 0 aliphatic rings. The van der Waals surface area contributed by atoms with Crippen LogP contribution < -0.4 is 15.2 Å². The average Bonchev–Trinajstić information content (AvgIpc) is 2.60. The molecule has 0 saturated carbocycles. The topological polar surface area (TPSA) is 87.3 Å². The highest BCUT2D eigenvalue weighted by Gasteiger charge is 2.11. The van der Waals surface area contributed by atoms with Gasteiger partial charge in [-0.1, -0.05) is 0 Å². The number of nitrogens with two attached hydrogens (primary N) is 1. The van der Waals surface area contributed by atoms with Crippen LogP contribution >= 0.6 is 0 Å². The maximum atomic E-state index is 11.2. The number of hydrogen-bond acceptors (Lipinski definition) is 5. The number of benzene rings is 2. The number of primary amides is 1. The molecule has 0 atom stereocenters. The van der Waals surface area contributed by atoms with Gasteiger partial charge in [0.05, 0.1) is 37.1 Å². The lowest BCUT2D eigenvalue weighted by molar-refractivity contribution is 0.100. The second-order valence-electron chi connectivity index (χ2n) is 4.89. The van der Waals surface area contributed by atoms with E-state index in [0.717, 1.165) is 5.56 Å². The van der Waals surface area contributed by atoms with Crippen LogP contribution in [0.15, 0.2) is 42.6 Å². The summed E-state index contributed by atoms with van der Waals surface area (Å²) in [6.07, 6.45) is 1.63. The van der Waals surface area contributed by atoms with E-state index in [1.807, 2.05) is 18.2 Å². The van der Waals surface area contributed by atoms with Crippen molar-refractivity contribution in [1.82, 2.24) is 9.97 Å². The second kappa shape index (κ2) is 5.92. The Kier molecular flexibility index (Phi) is 3.80. The van der Waals surface area contributed by atoms with Gasteiger partial charge in [-0.05, 0) is 36.4 Å². The largest absolute Gasteiger partial charge is 0.497 e. The van der Waals surface area contributed by atoms with Gasteiger partial charge in [-0.15, -0.1) is 0 Å². The van der Waals surface area contributed by atoms with Crippen molar-refractivity contribution in [1.29, 1.82) is 0 Å². The standard InChI is InChI=1S/C17H15N3O3/c1-22-11-4-6-16(23-2)12(8-11)15-9-19-14-7-10(17(18)21)3-5-13(14)20-15/h3-9H,1-2H3,(H2,18,21). The van der Waals surface area contributed by atoms with E-state index in [4.69, 9.17) is 15.2 Å². The number of nitrogens with zero attached hydrogens (tertiary/aromatic N) is 2. The molecule has 3 rings (SSSR count). The summed E-state index contributed by atoms with van der Waals surface area (Å²) in [5, 5.41) is 0. The fourth-order valence-corrected chi connectivity index (χ4v) is 2.31. The first-order chi connectivity index (χ1) is 11.1. The van der Waals surface area contributed by atoms with Crippen LogP contribution in [0, 0.1) is 0 Å². The molecule has 0 aliphatic heterocycles. The van der Waals surface area contributed by atoms with Crippen molar-refractivity contribution in [2.24, 2.45) is 5.73 Å². The maximum absolute atomic E-state index is 11.2. The zero-order chi connectivity index (χ0) is 16.4. The summed E-state index contributed by atoms with van der Waals surface area (Å²) in [6, 6.07) is 10.4. The molecule has 1 amide bonds. The first-order valence-electron chi connectivity index (χ1n) is 6.91. The second-order valence-corrected chi connectivity index (χ2v) is 4.89.